The summed E-state index contributed by atoms with van der Waals surface area (Å²) >= 11 is 0. The largest absolute Gasteiger partial charge is 0.483 e. The van der Waals surface area contributed by atoms with E-state index in [1.165, 1.54) is 0 Å². The van der Waals surface area contributed by atoms with E-state index in [1.807, 2.05) is 0 Å². The molecule has 1 aliphatic heterocycles. The first-order valence-corrected chi connectivity index (χ1v) is 6.31. The summed E-state index contributed by atoms with van der Waals surface area (Å²) < 4.78 is 10.7. The zero-order chi connectivity index (χ0) is 14.4. The Morgan fingerprint density at radius 2 is 2.35 bits per heavy atom. The highest BCUT2D eigenvalue weighted by Gasteiger charge is 2.24. The Morgan fingerprint density at radius 1 is 1.55 bits per heavy atom. The maximum absolute atomic E-state index is 12.0. The molecule has 1 atom stereocenters. The van der Waals surface area contributed by atoms with Gasteiger partial charge in [-0.25, -0.2) is 0 Å². The zero-order valence-corrected chi connectivity index (χ0v) is 10.9. The van der Waals surface area contributed by atoms with Crippen LogP contribution in [0.25, 0.3) is 0 Å². The van der Waals surface area contributed by atoms with Crippen molar-refractivity contribution in [3.63, 3.8) is 0 Å². The summed E-state index contributed by atoms with van der Waals surface area (Å²) in [5, 5.41) is 14.0. The molecule has 7 nitrogen and oxygen atoms in total. The van der Waals surface area contributed by atoms with E-state index in [9.17, 15) is 4.79 Å². The van der Waals surface area contributed by atoms with E-state index in [-0.39, 0.29) is 18.3 Å². The second-order valence-corrected chi connectivity index (χ2v) is 4.37. The second-order valence-electron chi connectivity index (χ2n) is 4.37. The lowest BCUT2D eigenvalue weighted by molar-refractivity contribution is -0.124. The maximum atomic E-state index is 12.0. The SMILES string of the molecule is N/C(COc1ccccc1NC(=O)C1CCCO1)=N\O. The van der Waals surface area contributed by atoms with Crippen LogP contribution in [0.15, 0.2) is 29.4 Å². The molecular weight excluding hydrogens is 262 g/mol. The molecule has 1 amide bonds. The number of hydrogen-bond donors (Lipinski definition) is 3. The van der Waals surface area contributed by atoms with Crippen LogP contribution in [-0.4, -0.2) is 36.3 Å². The van der Waals surface area contributed by atoms with Gasteiger partial charge >= 0.3 is 0 Å². The average Bonchev–Trinajstić information content (AvgIpc) is 3.00. The number of nitrogens with zero attached hydrogens (tertiary/aromatic N) is 1. The van der Waals surface area contributed by atoms with E-state index in [0.717, 1.165) is 12.8 Å². The van der Waals surface area contributed by atoms with Crippen LogP contribution < -0.4 is 15.8 Å². The van der Waals surface area contributed by atoms with Gasteiger partial charge in [-0.05, 0) is 25.0 Å². The van der Waals surface area contributed by atoms with Gasteiger partial charge in [0.05, 0.1) is 5.69 Å². The van der Waals surface area contributed by atoms with Gasteiger partial charge in [0.1, 0.15) is 18.5 Å². The number of ether oxygens (including phenoxy) is 2. The molecule has 1 aromatic carbocycles. The number of amides is 1. The molecule has 1 heterocycles. The Bertz CT molecular complexity index is 498. The van der Waals surface area contributed by atoms with Crippen molar-refractivity contribution < 1.29 is 19.5 Å². The number of nitrogens with two attached hydrogens (primary N) is 1. The molecule has 0 spiro atoms. The number of carbonyl (C=O) groups is 1. The van der Waals surface area contributed by atoms with Crippen LogP contribution in [0.4, 0.5) is 5.69 Å². The summed E-state index contributed by atoms with van der Waals surface area (Å²) in [7, 11) is 0. The average molecular weight is 279 g/mol. The standard InChI is InChI=1S/C13H17N3O4/c14-12(16-18)8-20-10-5-2-1-4-9(10)15-13(17)11-6-3-7-19-11/h1-2,4-5,11,18H,3,6-8H2,(H2,14,16)(H,15,17). The van der Waals surface area contributed by atoms with Gasteiger partial charge in [-0.15, -0.1) is 0 Å². The summed E-state index contributed by atoms with van der Waals surface area (Å²) in [5.74, 6) is 0.207. The molecule has 0 radical (unpaired) electrons. The first kappa shape index (κ1) is 14.1. The van der Waals surface area contributed by atoms with Crippen LogP contribution >= 0.6 is 0 Å². The van der Waals surface area contributed by atoms with E-state index in [1.54, 1.807) is 24.3 Å². The number of anilines is 1. The van der Waals surface area contributed by atoms with Gasteiger partial charge in [-0.2, -0.15) is 0 Å². The van der Waals surface area contributed by atoms with Crippen molar-refractivity contribution >= 4 is 17.4 Å². The number of rotatable bonds is 5. The number of para-hydroxylation sites is 2. The number of benzene rings is 1. The smallest absolute Gasteiger partial charge is 0.253 e. The van der Waals surface area contributed by atoms with E-state index in [0.29, 0.717) is 18.0 Å². The van der Waals surface area contributed by atoms with Gasteiger partial charge < -0.3 is 25.7 Å². The van der Waals surface area contributed by atoms with Crippen molar-refractivity contribution in [2.45, 2.75) is 18.9 Å². The third-order valence-electron chi connectivity index (χ3n) is 2.87. The number of oxime groups is 1. The monoisotopic (exact) mass is 279 g/mol. The summed E-state index contributed by atoms with van der Waals surface area (Å²) in [6, 6.07) is 6.95. The molecule has 2 rings (SSSR count). The van der Waals surface area contributed by atoms with Gasteiger partial charge in [0.2, 0.25) is 0 Å². The molecule has 0 saturated carbocycles. The van der Waals surface area contributed by atoms with Crippen LogP contribution in [0.2, 0.25) is 0 Å². The molecule has 0 aromatic heterocycles. The fraction of sp³-hybridized carbons (Fsp3) is 0.385. The minimum absolute atomic E-state index is 0.0507. The molecule has 1 aliphatic rings. The van der Waals surface area contributed by atoms with Crippen LogP contribution in [-0.2, 0) is 9.53 Å². The predicted molar refractivity (Wildman–Crippen MR) is 72.9 cm³/mol. The number of amidine groups is 1. The fourth-order valence-electron chi connectivity index (χ4n) is 1.87. The summed E-state index contributed by atoms with van der Waals surface area (Å²) in [5.41, 5.74) is 5.87. The first-order chi connectivity index (χ1) is 9.70. The van der Waals surface area contributed by atoms with Gasteiger partial charge in [0, 0.05) is 6.61 Å². The van der Waals surface area contributed by atoms with E-state index in [4.69, 9.17) is 20.4 Å². The van der Waals surface area contributed by atoms with Crippen molar-refractivity contribution in [1.29, 1.82) is 0 Å². The summed E-state index contributed by atoms with van der Waals surface area (Å²) in [4.78, 5) is 12.0. The normalized spacial score (nSPS) is 18.8. The van der Waals surface area contributed by atoms with Crippen molar-refractivity contribution in [3.05, 3.63) is 24.3 Å². The van der Waals surface area contributed by atoms with Crippen LogP contribution in [0.1, 0.15) is 12.8 Å². The Hall–Kier alpha value is -2.28. The molecule has 108 valence electrons. The van der Waals surface area contributed by atoms with Crippen LogP contribution in [0.3, 0.4) is 0 Å². The lowest BCUT2D eigenvalue weighted by Crippen LogP contribution is -2.27. The number of nitrogens with one attached hydrogen (secondary N) is 1. The molecule has 1 aromatic rings. The topological polar surface area (TPSA) is 106 Å². The molecule has 20 heavy (non-hydrogen) atoms. The van der Waals surface area contributed by atoms with E-state index >= 15 is 0 Å². The number of carbonyl (C=O) groups excluding carboxylic acids is 1. The minimum atomic E-state index is -0.410. The third-order valence-corrected chi connectivity index (χ3v) is 2.87. The lowest BCUT2D eigenvalue weighted by Gasteiger charge is -2.14. The van der Waals surface area contributed by atoms with Gasteiger partial charge in [-0.1, -0.05) is 17.3 Å². The Balaban J connectivity index is 2.01. The molecule has 0 bridgehead atoms. The predicted octanol–water partition coefficient (Wildman–Crippen LogP) is 0.929. The molecular formula is C13H17N3O4. The van der Waals surface area contributed by atoms with Crippen molar-refractivity contribution in [3.8, 4) is 5.75 Å². The second kappa shape index (κ2) is 6.76. The van der Waals surface area contributed by atoms with Crippen LogP contribution in [0, 0.1) is 0 Å². The Labute approximate surface area is 116 Å². The number of hydrogen-bond acceptors (Lipinski definition) is 5. The minimum Gasteiger partial charge on any atom is -0.483 e. The van der Waals surface area contributed by atoms with Crippen molar-refractivity contribution in [2.75, 3.05) is 18.5 Å². The van der Waals surface area contributed by atoms with Crippen molar-refractivity contribution in [1.82, 2.24) is 0 Å². The van der Waals surface area contributed by atoms with Gasteiger partial charge in [0.25, 0.3) is 5.91 Å². The van der Waals surface area contributed by atoms with Crippen LogP contribution in [0.5, 0.6) is 5.75 Å². The third kappa shape index (κ3) is 3.61. The molecule has 1 unspecified atom stereocenters. The lowest BCUT2D eigenvalue weighted by atomic mass is 10.2. The molecule has 1 fully saturated rings. The fourth-order valence-corrected chi connectivity index (χ4v) is 1.87. The van der Waals surface area contributed by atoms with Crippen molar-refractivity contribution in [2.24, 2.45) is 10.9 Å². The molecule has 7 heteroatoms. The molecule has 0 aliphatic carbocycles. The van der Waals surface area contributed by atoms with Gasteiger partial charge in [0.15, 0.2) is 5.84 Å². The molecule has 4 N–H and O–H groups in total. The summed E-state index contributed by atoms with van der Waals surface area (Å²) in [6.45, 7) is 0.545. The maximum Gasteiger partial charge on any atom is 0.253 e. The van der Waals surface area contributed by atoms with Gasteiger partial charge in [-0.3, -0.25) is 4.79 Å². The Kier molecular flexibility index (Phi) is 4.78. The highest BCUT2D eigenvalue weighted by Crippen LogP contribution is 2.25. The van der Waals surface area contributed by atoms with E-state index in [2.05, 4.69) is 10.5 Å². The zero-order valence-electron chi connectivity index (χ0n) is 10.9. The Morgan fingerprint density at radius 3 is 3.05 bits per heavy atom. The first-order valence-electron chi connectivity index (χ1n) is 6.31. The highest BCUT2D eigenvalue weighted by molar-refractivity contribution is 5.95. The summed E-state index contributed by atoms with van der Waals surface area (Å²) in [6.07, 6.45) is 1.20. The van der Waals surface area contributed by atoms with E-state index < -0.39 is 6.10 Å². The quantitative estimate of drug-likeness (QED) is 0.322. The molecule has 1 saturated heterocycles. The highest BCUT2D eigenvalue weighted by atomic mass is 16.5.